The number of carbonyl (C=O) groups is 1. The van der Waals surface area contributed by atoms with Crippen molar-refractivity contribution in [1.29, 1.82) is 0 Å². The molecule has 1 aliphatic rings. The molecule has 5 nitrogen and oxygen atoms in total. The highest BCUT2D eigenvalue weighted by Crippen LogP contribution is 2.32. The van der Waals surface area contributed by atoms with Crippen LogP contribution in [0, 0.1) is 0 Å². The number of fused-ring (bicyclic) bond motifs is 1. The summed E-state index contributed by atoms with van der Waals surface area (Å²) in [5.41, 5.74) is 5.76. The Bertz CT molecular complexity index is 438. The van der Waals surface area contributed by atoms with E-state index < -0.39 is 5.54 Å². The summed E-state index contributed by atoms with van der Waals surface area (Å²) in [5, 5.41) is 2.77. The fraction of sp³-hybridized carbons (Fsp3) is 0.417. The Morgan fingerprint density at radius 1 is 1.41 bits per heavy atom. The lowest BCUT2D eigenvalue weighted by Gasteiger charge is -2.17. The van der Waals surface area contributed by atoms with Gasteiger partial charge in [0.15, 0.2) is 11.5 Å². The van der Waals surface area contributed by atoms with Gasteiger partial charge in [-0.1, -0.05) is 6.07 Å². The lowest BCUT2D eigenvalue weighted by atomic mass is 10.1. The molecule has 3 N–H and O–H groups in total. The maximum absolute atomic E-state index is 11.6. The molecular weight excluding hydrogens is 220 g/mol. The average Bonchev–Trinajstić information content (AvgIpc) is 2.71. The zero-order valence-electron chi connectivity index (χ0n) is 9.95. The van der Waals surface area contributed by atoms with E-state index in [0.29, 0.717) is 12.3 Å². The van der Waals surface area contributed by atoms with Crippen LogP contribution in [0.25, 0.3) is 0 Å². The monoisotopic (exact) mass is 236 g/mol. The Balaban J connectivity index is 1.98. The van der Waals surface area contributed by atoms with Gasteiger partial charge >= 0.3 is 0 Å². The first kappa shape index (κ1) is 11.7. The van der Waals surface area contributed by atoms with Crippen LogP contribution in [0.3, 0.4) is 0 Å². The van der Waals surface area contributed by atoms with Gasteiger partial charge in [-0.25, -0.2) is 0 Å². The van der Waals surface area contributed by atoms with Crippen LogP contribution in [0.5, 0.6) is 11.5 Å². The summed E-state index contributed by atoms with van der Waals surface area (Å²) < 4.78 is 10.5. The van der Waals surface area contributed by atoms with E-state index in [0.717, 1.165) is 11.3 Å². The second kappa shape index (κ2) is 4.25. The minimum Gasteiger partial charge on any atom is -0.454 e. The van der Waals surface area contributed by atoms with Gasteiger partial charge in [0.25, 0.3) is 0 Å². The van der Waals surface area contributed by atoms with Crippen LogP contribution in [0.1, 0.15) is 19.4 Å². The Morgan fingerprint density at radius 3 is 2.82 bits per heavy atom. The number of amides is 1. The summed E-state index contributed by atoms with van der Waals surface area (Å²) in [7, 11) is 0. The van der Waals surface area contributed by atoms with E-state index >= 15 is 0 Å². The van der Waals surface area contributed by atoms with Crippen molar-refractivity contribution in [3.63, 3.8) is 0 Å². The van der Waals surface area contributed by atoms with Gasteiger partial charge in [0, 0.05) is 6.54 Å². The number of nitrogens with one attached hydrogen (secondary N) is 1. The average molecular weight is 236 g/mol. The molecule has 1 aliphatic heterocycles. The second-order valence-corrected chi connectivity index (χ2v) is 4.59. The molecule has 0 aliphatic carbocycles. The maximum Gasteiger partial charge on any atom is 0.239 e. The van der Waals surface area contributed by atoms with E-state index in [4.69, 9.17) is 15.2 Å². The van der Waals surface area contributed by atoms with E-state index in [1.54, 1.807) is 13.8 Å². The number of carbonyl (C=O) groups excluding carboxylic acids is 1. The number of benzene rings is 1. The molecule has 1 heterocycles. The van der Waals surface area contributed by atoms with Crippen LogP contribution >= 0.6 is 0 Å². The Morgan fingerprint density at radius 2 is 2.12 bits per heavy atom. The molecule has 1 amide bonds. The first-order chi connectivity index (χ1) is 7.97. The molecule has 92 valence electrons. The van der Waals surface area contributed by atoms with E-state index in [1.165, 1.54) is 0 Å². The molecule has 0 saturated carbocycles. The zero-order chi connectivity index (χ0) is 12.5. The molecule has 0 radical (unpaired) electrons. The summed E-state index contributed by atoms with van der Waals surface area (Å²) in [4.78, 5) is 11.6. The molecule has 0 saturated heterocycles. The molecule has 0 bridgehead atoms. The third-order valence-electron chi connectivity index (χ3n) is 2.48. The van der Waals surface area contributed by atoms with Crippen molar-refractivity contribution in [3.05, 3.63) is 23.8 Å². The van der Waals surface area contributed by atoms with Gasteiger partial charge in [0.2, 0.25) is 12.7 Å². The van der Waals surface area contributed by atoms with Crippen molar-refractivity contribution < 1.29 is 14.3 Å². The third-order valence-corrected chi connectivity index (χ3v) is 2.48. The summed E-state index contributed by atoms with van der Waals surface area (Å²) in [6, 6.07) is 5.57. The zero-order valence-corrected chi connectivity index (χ0v) is 9.95. The van der Waals surface area contributed by atoms with E-state index in [2.05, 4.69) is 5.32 Å². The van der Waals surface area contributed by atoms with Crippen LogP contribution in [-0.4, -0.2) is 18.2 Å². The van der Waals surface area contributed by atoms with Crippen molar-refractivity contribution >= 4 is 5.91 Å². The molecular formula is C12H16N2O3. The largest absolute Gasteiger partial charge is 0.454 e. The summed E-state index contributed by atoms with van der Waals surface area (Å²) in [6.07, 6.45) is 0. The molecule has 0 aromatic heterocycles. The van der Waals surface area contributed by atoms with Gasteiger partial charge < -0.3 is 20.5 Å². The van der Waals surface area contributed by atoms with Gasteiger partial charge in [-0.2, -0.15) is 0 Å². The van der Waals surface area contributed by atoms with E-state index in [1.807, 2.05) is 18.2 Å². The fourth-order valence-electron chi connectivity index (χ4n) is 1.46. The quantitative estimate of drug-likeness (QED) is 0.813. The van der Waals surface area contributed by atoms with Crippen LogP contribution in [-0.2, 0) is 11.3 Å². The predicted octanol–water partition coefficient (Wildman–Crippen LogP) is 0.769. The first-order valence-corrected chi connectivity index (χ1v) is 5.42. The molecule has 17 heavy (non-hydrogen) atoms. The van der Waals surface area contributed by atoms with Gasteiger partial charge in [-0.3, -0.25) is 4.79 Å². The normalized spacial score (nSPS) is 13.6. The molecule has 0 atom stereocenters. The molecule has 2 rings (SSSR count). The van der Waals surface area contributed by atoms with Crippen molar-refractivity contribution in [3.8, 4) is 11.5 Å². The van der Waals surface area contributed by atoms with Crippen molar-refractivity contribution in [2.24, 2.45) is 5.73 Å². The number of rotatable bonds is 3. The molecule has 0 fully saturated rings. The lowest BCUT2D eigenvalue weighted by Crippen LogP contribution is -2.48. The highest BCUT2D eigenvalue weighted by Gasteiger charge is 2.21. The van der Waals surface area contributed by atoms with Crippen LogP contribution in [0.2, 0.25) is 0 Å². The highest BCUT2D eigenvalue weighted by atomic mass is 16.7. The van der Waals surface area contributed by atoms with Gasteiger partial charge in [-0.15, -0.1) is 0 Å². The van der Waals surface area contributed by atoms with Gasteiger partial charge in [-0.05, 0) is 31.5 Å². The predicted molar refractivity (Wildman–Crippen MR) is 62.7 cm³/mol. The van der Waals surface area contributed by atoms with Crippen LogP contribution in [0.4, 0.5) is 0 Å². The Hall–Kier alpha value is -1.75. The standard InChI is InChI=1S/C12H16N2O3/c1-12(2,13)11(15)14-6-8-3-4-9-10(5-8)17-7-16-9/h3-5H,6-7,13H2,1-2H3,(H,14,15). The summed E-state index contributed by atoms with van der Waals surface area (Å²) in [5.74, 6) is 1.26. The number of ether oxygens (including phenoxy) is 2. The summed E-state index contributed by atoms with van der Waals surface area (Å²) in [6.45, 7) is 4.01. The Labute approximate surface area is 99.9 Å². The smallest absolute Gasteiger partial charge is 0.239 e. The Kier molecular flexibility index (Phi) is 2.93. The maximum atomic E-state index is 11.6. The third kappa shape index (κ3) is 2.68. The van der Waals surface area contributed by atoms with Crippen LogP contribution < -0.4 is 20.5 Å². The van der Waals surface area contributed by atoms with E-state index in [-0.39, 0.29) is 12.7 Å². The topological polar surface area (TPSA) is 73.6 Å². The van der Waals surface area contributed by atoms with Gasteiger partial charge in [0.1, 0.15) is 0 Å². The van der Waals surface area contributed by atoms with Crippen LogP contribution in [0.15, 0.2) is 18.2 Å². The summed E-state index contributed by atoms with van der Waals surface area (Å²) >= 11 is 0. The van der Waals surface area contributed by atoms with Gasteiger partial charge in [0.05, 0.1) is 5.54 Å². The minimum absolute atomic E-state index is 0.185. The molecule has 0 spiro atoms. The molecule has 1 aromatic carbocycles. The van der Waals surface area contributed by atoms with Crippen molar-refractivity contribution in [1.82, 2.24) is 5.32 Å². The lowest BCUT2D eigenvalue weighted by molar-refractivity contribution is -0.125. The molecule has 5 heteroatoms. The van der Waals surface area contributed by atoms with E-state index in [9.17, 15) is 4.79 Å². The second-order valence-electron chi connectivity index (χ2n) is 4.59. The number of hydrogen-bond donors (Lipinski definition) is 2. The van der Waals surface area contributed by atoms with Crippen molar-refractivity contribution in [2.75, 3.05) is 6.79 Å². The molecule has 0 unspecified atom stereocenters. The number of nitrogens with two attached hydrogens (primary N) is 1. The number of hydrogen-bond acceptors (Lipinski definition) is 4. The fourth-order valence-corrected chi connectivity index (χ4v) is 1.46. The SMILES string of the molecule is CC(C)(N)C(=O)NCc1ccc2c(c1)OCO2. The minimum atomic E-state index is -0.865. The molecule has 1 aromatic rings. The highest BCUT2D eigenvalue weighted by molar-refractivity contribution is 5.84. The first-order valence-electron chi connectivity index (χ1n) is 5.42. The van der Waals surface area contributed by atoms with Crippen molar-refractivity contribution in [2.45, 2.75) is 25.9 Å².